The van der Waals surface area contributed by atoms with E-state index in [1.165, 1.54) is 4.68 Å². The van der Waals surface area contributed by atoms with Crippen molar-refractivity contribution in [2.24, 2.45) is 5.10 Å². The second kappa shape index (κ2) is 7.06. The Bertz CT molecular complexity index is 1060. The largest absolute Gasteiger partial charge is 0.493 e. The molecule has 1 amide bonds. The number of hydrogen-bond donors (Lipinski definition) is 2. The van der Waals surface area contributed by atoms with E-state index in [-0.39, 0.29) is 11.8 Å². The van der Waals surface area contributed by atoms with Gasteiger partial charge in [0.2, 0.25) is 11.8 Å². The van der Waals surface area contributed by atoms with E-state index in [4.69, 9.17) is 23.2 Å². The van der Waals surface area contributed by atoms with Crippen molar-refractivity contribution >= 4 is 34.8 Å². The van der Waals surface area contributed by atoms with Crippen LogP contribution >= 0.6 is 23.2 Å². The Morgan fingerprint density at radius 1 is 1.04 bits per heavy atom. The summed E-state index contributed by atoms with van der Waals surface area (Å²) in [7, 11) is 0. The maximum absolute atomic E-state index is 11.2. The van der Waals surface area contributed by atoms with Crippen LogP contribution in [0.15, 0.2) is 53.6 Å². The molecule has 0 fully saturated rings. The first-order valence-electron chi connectivity index (χ1n) is 8.22. The number of hydrogen-bond acceptors (Lipinski definition) is 4. The van der Waals surface area contributed by atoms with Gasteiger partial charge in [-0.05, 0) is 35.9 Å². The van der Waals surface area contributed by atoms with E-state index in [2.05, 4.69) is 15.6 Å². The fraction of sp³-hybridized carbons (Fsp3) is 0.105. The van der Waals surface area contributed by atoms with Gasteiger partial charge >= 0.3 is 0 Å². The SMILES string of the molecule is O=C1CCC(c2ccc(-n3nc(-c4ccc(Cl)cc4Cl)cc3O)cc2)=NN1. The van der Waals surface area contributed by atoms with Crippen molar-refractivity contribution in [3.63, 3.8) is 0 Å². The molecule has 0 spiro atoms. The van der Waals surface area contributed by atoms with Crippen LogP contribution in [-0.2, 0) is 4.79 Å². The van der Waals surface area contributed by atoms with E-state index in [0.717, 1.165) is 11.3 Å². The Morgan fingerprint density at radius 3 is 2.48 bits per heavy atom. The number of carbonyl (C=O) groups excluding carboxylic acids is 1. The lowest BCUT2D eigenvalue weighted by Gasteiger charge is -2.12. The van der Waals surface area contributed by atoms with E-state index < -0.39 is 0 Å². The predicted octanol–water partition coefficient (Wildman–Crippen LogP) is 4.17. The van der Waals surface area contributed by atoms with Crippen LogP contribution in [0, 0.1) is 0 Å². The number of benzene rings is 2. The molecule has 3 aromatic rings. The Hall–Kier alpha value is -2.83. The van der Waals surface area contributed by atoms with Crippen LogP contribution in [0.5, 0.6) is 5.88 Å². The number of aromatic nitrogens is 2. The zero-order valence-corrected chi connectivity index (χ0v) is 15.5. The van der Waals surface area contributed by atoms with Gasteiger partial charge in [0.25, 0.3) is 0 Å². The van der Waals surface area contributed by atoms with Crippen LogP contribution in [0.3, 0.4) is 0 Å². The molecule has 1 aliphatic rings. The van der Waals surface area contributed by atoms with Gasteiger partial charge in [0.1, 0.15) is 0 Å². The number of amides is 1. The van der Waals surface area contributed by atoms with Crippen LogP contribution in [0.1, 0.15) is 18.4 Å². The number of hydrazone groups is 1. The number of halogens is 2. The van der Waals surface area contributed by atoms with Crippen LogP contribution in [0.25, 0.3) is 16.9 Å². The summed E-state index contributed by atoms with van der Waals surface area (Å²) in [5.74, 6) is -0.0868. The highest BCUT2D eigenvalue weighted by Crippen LogP contribution is 2.32. The molecule has 2 N–H and O–H groups in total. The van der Waals surface area contributed by atoms with Crippen molar-refractivity contribution < 1.29 is 9.90 Å². The van der Waals surface area contributed by atoms with Gasteiger partial charge in [-0.3, -0.25) is 4.79 Å². The van der Waals surface area contributed by atoms with Gasteiger partial charge < -0.3 is 5.11 Å². The minimum absolute atomic E-state index is 0.00830. The minimum Gasteiger partial charge on any atom is -0.493 e. The maximum atomic E-state index is 11.2. The van der Waals surface area contributed by atoms with E-state index >= 15 is 0 Å². The van der Waals surface area contributed by atoms with Crippen LogP contribution in [0.4, 0.5) is 0 Å². The van der Waals surface area contributed by atoms with Crippen molar-refractivity contribution in [3.8, 4) is 22.8 Å². The third-order valence-electron chi connectivity index (χ3n) is 4.25. The second-order valence-corrected chi connectivity index (χ2v) is 6.91. The molecule has 0 aliphatic carbocycles. The standard InChI is InChI=1S/C19H14Cl2N4O2/c20-12-3-6-14(15(21)9-12)17-10-19(27)25(24-17)13-4-1-11(2-5-13)16-7-8-18(26)23-22-16/h1-6,9-10,27H,7-8H2,(H,23,26). The fourth-order valence-electron chi connectivity index (χ4n) is 2.87. The second-order valence-electron chi connectivity index (χ2n) is 6.06. The van der Waals surface area contributed by atoms with Gasteiger partial charge in [-0.1, -0.05) is 35.3 Å². The molecular formula is C19H14Cl2N4O2. The molecule has 0 atom stereocenters. The van der Waals surface area contributed by atoms with Gasteiger partial charge in [-0.25, -0.2) is 10.1 Å². The molecule has 1 aliphatic heterocycles. The number of aromatic hydroxyl groups is 1. The molecular weight excluding hydrogens is 387 g/mol. The van der Waals surface area contributed by atoms with Gasteiger partial charge in [0.05, 0.1) is 22.1 Å². The zero-order chi connectivity index (χ0) is 19.0. The van der Waals surface area contributed by atoms with Crippen molar-refractivity contribution in [2.45, 2.75) is 12.8 Å². The molecule has 4 rings (SSSR count). The van der Waals surface area contributed by atoms with Crippen molar-refractivity contribution in [1.29, 1.82) is 0 Å². The summed E-state index contributed by atoms with van der Waals surface area (Å²) < 4.78 is 1.43. The van der Waals surface area contributed by atoms with Gasteiger partial charge in [0.15, 0.2) is 0 Å². The molecule has 1 aromatic heterocycles. The molecule has 0 unspecified atom stereocenters. The van der Waals surface area contributed by atoms with Crippen molar-refractivity contribution in [3.05, 3.63) is 64.1 Å². The lowest BCUT2D eigenvalue weighted by atomic mass is 10.0. The molecule has 0 saturated carbocycles. The molecule has 6 nitrogen and oxygen atoms in total. The Balaban J connectivity index is 1.64. The van der Waals surface area contributed by atoms with E-state index in [1.807, 2.05) is 24.3 Å². The summed E-state index contributed by atoms with van der Waals surface area (Å²) in [6, 6.07) is 14.1. The van der Waals surface area contributed by atoms with E-state index in [9.17, 15) is 9.90 Å². The monoisotopic (exact) mass is 400 g/mol. The first kappa shape index (κ1) is 17.6. The van der Waals surface area contributed by atoms with Crippen molar-refractivity contribution in [1.82, 2.24) is 15.2 Å². The normalized spacial score (nSPS) is 14.0. The molecule has 27 heavy (non-hydrogen) atoms. The third-order valence-corrected chi connectivity index (χ3v) is 4.79. The van der Waals surface area contributed by atoms with Gasteiger partial charge in [0, 0.05) is 29.5 Å². The fourth-order valence-corrected chi connectivity index (χ4v) is 3.37. The highest BCUT2D eigenvalue weighted by molar-refractivity contribution is 6.36. The minimum atomic E-state index is -0.0785. The summed E-state index contributed by atoms with van der Waals surface area (Å²) >= 11 is 12.2. The number of nitrogens with one attached hydrogen (secondary N) is 1. The molecule has 0 radical (unpaired) electrons. The van der Waals surface area contributed by atoms with Gasteiger partial charge in [-0.2, -0.15) is 10.2 Å². The summed E-state index contributed by atoms with van der Waals surface area (Å²) in [4.78, 5) is 11.2. The molecule has 0 saturated heterocycles. The van der Waals surface area contributed by atoms with Crippen molar-refractivity contribution in [2.75, 3.05) is 0 Å². The number of rotatable bonds is 3. The smallest absolute Gasteiger partial charge is 0.240 e. The predicted molar refractivity (Wildman–Crippen MR) is 105 cm³/mol. The van der Waals surface area contributed by atoms with Crippen LogP contribution in [0.2, 0.25) is 10.0 Å². The highest BCUT2D eigenvalue weighted by Gasteiger charge is 2.15. The Kier molecular flexibility index (Phi) is 4.59. The summed E-state index contributed by atoms with van der Waals surface area (Å²) in [6.45, 7) is 0. The van der Waals surface area contributed by atoms with Crippen LogP contribution in [-0.4, -0.2) is 26.5 Å². The highest BCUT2D eigenvalue weighted by atomic mass is 35.5. The summed E-state index contributed by atoms with van der Waals surface area (Å²) in [5, 5.41) is 19.8. The number of nitrogens with zero attached hydrogens (tertiary/aromatic N) is 3. The van der Waals surface area contributed by atoms with E-state index in [0.29, 0.717) is 39.8 Å². The number of carbonyl (C=O) groups is 1. The Morgan fingerprint density at radius 2 is 1.81 bits per heavy atom. The summed E-state index contributed by atoms with van der Waals surface area (Å²) in [5.41, 5.74) is 6.12. The maximum Gasteiger partial charge on any atom is 0.240 e. The Labute approximate surface area is 165 Å². The van der Waals surface area contributed by atoms with Gasteiger partial charge in [-0.15, -0.1) is 0 Å². The first-order chi connectivity index (χ1) is 13.0. The average molecular weight is 401 g/mol. The lowest BCUT2D eigenvalue weighted by Crippen LogP contribution is -2.25. The summed E-state index contributed by atoms with van der Waals surface area (Å²) in [6.07, 6.45) is 1.02. The zero-order valence-electron chi connectivity index (χ0n) is 14.0. The van der Waals surface area contributed by atoms with Crippen LogP contribution < -0.4 is 5.43 Å². The topological polar surface area (TPSA) is 79.5 Å². The molecule has 0 bridgehead atoms. The third kappa shape index (κ3) is 3.54. The molecule has 136 valence electrons. The quantitative estimate of drug-likeness (QED) is 0.692. The lowest BCUT2D eigenvalue weighted by molar-refractivity contribution is -0.121. The molecule has 8 heteroatoms. The molecule has 2 heterocycles. The molecule has 2 aromatic carbocycles. The first-order valence-corrected chi connectivity index (χ1v) is 8.97. The van der Waals surface area contributed by atoms with E-state index in [1.54, 1.807) is 24.3 Å². The average Bonchev–Trinajstić information content (AvgIpc) is 3.04.